The number of hydrogen-bond donors (Lipinski definition) is 3. The quantitative estimate of drug-likeness (QED) is 0.792. The summed E-state index contributed by atoms with van der Waals surface area (Å²) in [7, 11) is 0. The van der Waals surface area contributed by atoms with E-state index in [0.717, 1.165) is 45.1 Å². The lowest BCUT2D eigenvalue weighted by atomic mass is 9.90. The van der Waals surface area contributed by atoms with Gasteiger partial charge >= 0.3 is 0 Å². The van der Waals surface area contributed by atoms with E-state index in [0.29, 0.717) is 11.6 Å². The number of benzene rings is 1. The molecule has 2 rings (SSSR count). The first-order valence-corrected chi connectivity index (χ1v) is 7.93. The van der Waals surface area contributed by atoms with E-state index in [2.05, 4.69) is 12.2 Å². The Morgan fingerprint density at radius 2 is 1.87 bits per heavy atom. The van der Waals surface area contributed by atoms with E-state index in [1.165, 1.54) is 12.1 Å². The van der Waals surface area contributed by atoms with Gasteiger partial charge in [0, 0.05) is 25.1 Å². The maximum Gasteiger partial charge on any atom is 0.300 e. The van der Waals surface area contributed by atoms with E-state index in [9.17, 15) is 13.9 Å². The van der Waals surface area contributed by atoms with Crippen molar-refractivity contribution < 1.29 is 23.8 Å². The Morgan fingerprint density at radius 1 is 1.30 bits per heavy atom. The summed E-state index contributed by atoms with van der Waals surface area (Å²) >= 11 is 0. The van der Waals surface area contributed by atoms with Gasteiger partial charge in [0.2, 0.25) is 0 Å². The predicted octanol–water partition coefficient (Wildman–Crippen LogP) is 3.40. The largest absolute Gasteiger partial charge is 0.481 e. The van der Waals surface area contributed by atoms with Crippen LogP contribution in [0.5, 0.6) is 0 Å². The number of rotatable bonds is 4. The molecule has 0 saturated carbocycles. The Hall–Kier alpha value is -1.53. The molecule has 0 spiro atoms. The van der Waals surface area contributed by atoms with Crippen LogP contribution >= 0.6 is 0 Å². The summed E-state index contributed by atoms with van der Waals surface area (Å²) in [5.41, 5.74) is 0.312. The topological polar surface area (TPSA) is 69.6 Å². The molecule has 4 nitrogen and oxygen atoms in total. The van der Waals surface area contributed by atoms with Crippen LogP contribution in [0.25, 0.3) is 0 Å². The molecule has 1 fully saturated rings. The van der Waals surface area contributed by atoms with Crippen LogP contribution in [0, 0.1) is 11.6 Å². The van der Waals surface area contributed by atoms with Crippen molar-refractivity contribution in [2.24, 2.45) is 0 Å². The second-order valence-corrected chi connectivity index (χ2v) is 5.86. The van der Waals surface area contributed by atoms with E-state index in [1.807, 2.05) is 0 Å². The van der Waals surface area contributed by atoms with Gasteiger partial charge in [0.25, 0.3) is 5.97 Å². The van der Waals surface area contributed by atoms with Gasteiger partial charge < -0.3 is 15.5 Å². The summed E-state index contributed by atoms with van der Waals surface area (Å²) in [6.07, 6.45) is 4.28. The number of hydrogen-bond acceptors (Lipinski definition) is 3. The van der Waals surface area contributed by atoms with Gasteiger partial charge in [-0.2, -0.15) is 0 Å². The van der Waals surface area contributed by atoms with Crippen molar-refractivity contribution >= 4 is 5.97 Å². The maximum absolute atomic E-state index is 13.2. The number of nitrogens with one attached hydrogen (secondary N) is 1. The fourth-order valence-electron chi connectivity index (χ4n) is 2.86. The SMILES string of the molecule is CC(=O)O.CCC[C@H]1CCC[C@H]([C@@H](O)c2cc(F)cc(F)c2)N1. The summed E-state index contributed by atoms with van der Waals surface area (Å²) in [4.78, 5) is 9.00. The number of aliphatic hydroxyl groups excluding tert-OH is 1. The summed E-state index contributed by atoms with van der Waals surface area (Å²) < 4.78 is 26.4. The Bertz CT molecular complexity index is 484. The molecule has 3 atom stereocenters. The lowest BCUT2D eigenvalue weighted by Gasteiger charge is -2.34. The molecule has 6 heteroatoms. The molecule has 0 aromatic heterocycles. The summed E-state index contributed by atoms with van der Waals surface area (Å²) in [5.74, 6) is -2.12. The summed E-state index contributed by atoms with van der Waals surface area (Å²) in [6, 6.07) is 3.52. The maximum atomic E-state index is 13.2. The molecule has 0 aliphatic carbocycles. The molecule has 1 aromatic carbocycles. The standard InChI is InChI=1S/C15H21F2NO.C2H4O2/c1-2-4-13-5-3-6-14(18-13)15(19)10-7-11(16)9-12(17)8-10;1-2(3)4/h7-9,13-15,18-19H,2-6H2,1H3;1H3,(H,3,4)/t13-,14+,15-;/m0./s1. The van der Waals surface area contributed by atoms with Gasteiger partial charge in [-0.05, 0) is 37.0 Å². The number of aliphatic carboxylic acids is 1. The van der Waals surface area contributed by atoms with Crippen molar-refractivity contribution in [1.29, 1.82) is 0 Å². The zero-order valence-electron chi connectivity index (χ0n) is 13.6. The molecule has 0 amide bonds. The second kappa shape index (κ2) is 9.57. The number of aliphatic hydroxyl groups is 1. The molecule has 1 saturated heterocycles. The normalized spacial score (nSPS) is 22.0. The van der Waals surface area contributed by atoms with Crippen molar-refractivity contribution in [3.63, 3.8) is 0 Å². The van der Waals surface area contributed by atoms with Gasteiger partial charge in [-0.1, -0.05) is 19.8 Å². The highest BCUT2D eigenvalue weighted by Crippen LogP contribution is 2.27. The average molecular weight is 329 g/mol. The van der Waals surface area contributed by atoms with E-state index in [1.54, 1.807) is 0 Å². The Labute approximate surface area is 135 Å². The minimum Gasteiger partial charge on any atom is -0.481 e. The number of halogens is 2. The fourth-order valence-corrected chi connectivity index (χ4v) is 2.86. The van der Waals surface area contributed by atoms with E-state index < -0.39 is 23.7 Å². The third kappa shape index (κ3) is 7.05. The fraction of sp³-hybridized carbons (Fsp3) is 0.588. The van der Waals surface area contributed by atoms with Crippen molar-refractivity contribution in [2.75, 3.05) is 0 Å². The van der Waals surface area contributed by atoms with E-state index in [4.69, 9.17) is 9.90 Å². The van der Waals surface area contributed by atoms with E-state index >= 15 is 0 Å². The van der Waals surface area contributed by atoms with Gasteiger partial charge in [-0.25, -0.2) is 8.78 Å². The average Bonchev–Trinajstić information content (AvgIpc) is 2.45. The minimum absolute atomic E-state index is 0.119. The van der Waals surface area contributed by atoms with Crippen molar-refractivity contribution in [3.8, 4) is 0 Å². The van der Waals surface area contributed by atoms with Crippen LogP contribution in [-0.2, 0) is 4.79 Å². The zero-order valence-corrected chi connectivity index (χ0v) is 13.6. The first-order chi connectivity index (χ1) is 10.8. The molecule has 3 N–H and O–H groups in total. The van der Waals surface area contributed by atoms with Crippen LogP contribution in [0.15, 0.2) is 18.2 Å². The first kappa shape index (κ1) is 19.5. The Balaban J connectivity index is 0.000000593. The Morgan fingerprint density at radius 3 is 2.39 bits per heavy atom. The van der Waals surface area contributed by atoms with Crippen LogP contribution in [0.1, 0.15) is 57.6 Å². The number of carbonyl (C=O) groups is 1. The van der Waals surface area contributed by atoms with Gasteiger partial charge in [0.1, 0.15) is 11.6 Å². The van der Waals surface area contributed by atoms with Gasteiger partial charge in [0.05, 0.1) is 6.10 Å². The van der Waals surface area contributed by atoms with Crippen molar-refractivity contribution in [3.05, 3.63) is 35.4 Å². The van der Waals surface area contributed by atoms with Crippen LogP contribution in [0.2, 0.25) is 0 Å². The highest BCUT2D eigenvalue weighted by atomic mass is 19.1. The predicted molar refractivity (Wildman–Crippen MR) is 84.1 cm³/mol. The third-order valence-electron chi connectivity index (χ3n) is 3.76. The van der Waals surface area contributed by atoms with Crippen LogP contribution in [-0.4, -0.2) is 28.3 Å². The molecule has 0 radical (unpaired) electrons. The molecule has 1 heterocycles. The molecule has 0 unspecified atom stereocenters. The molecule has 1 aromatic rings. The Kier molecular flexibility index (Phi) is 8.12. The number of piperidine rings is 1. The van der Waals surface area contributed by atoms with E-state index in [-0.39, 0.29) is 6.04 Å². The van der Waals surface area contributed by atoms with Gasteiger partial charge in [-0.3, -0.25) is 4.79 Å². The summed E-state index contributed by atoms with van der Waals surface area (Å²) in [5, 5.41) is 21.1. The van der Waals surface area contributed by atoms with Gasteiger partial charge in [-0.15, -0.1) is 0 Å². The summed E-state index contributed by atoms with van der Waals surface area (Å²) in [6.45, 7) is 3.21. The first-order valence-electron chi connectivity index (χ1n) is 7.93. The smallest absolute Gasteiger partial charge is 0.300 e. The highest BCUT2D eigenvalue weighted by Gasteiger charge is 2.27. The lowest BCUT2D eigenvalue weighted by Crippen LogP contribution is -2.45. The van der Waals surface area contributed by atoms with Crippen LogP contribution in [0.3, 0.4) is 0 Å². The number of carboxylic acid groups (broad SMARTS) is 1. The monoisotopic (exact) mass is 329 g/mol. The molecule has 1 aliphatic rings. The van der Waals surface area contributed by atoms with Crippen molar-refractivity contribution in [2.45, 2.75) is 64.1 Å². The molecular weight excluding hydrogens is 304 g/mol. The van der Waals surface area contributed by atoms with Crippen LogP contribution < -0.4 is 5.32 Å². The molecular formula is C17H25F2NO3. The molecule has 130 valence electrons. The van der Waals surface area contributed by atoms with Gasteiger partial charge in [0.15, 0.2) is 0 Å². The number of carboxylic acids is 1. The van der Waals surface area contributed by atoms with Crippen LogP contribution in [0.4, 0.5) is 8.78 Å². The van der Waals surface area contributed by atoms with Crippen molar-refractivity contribution in [1.82, 2.24) is 5.32 Å². The molecule has 1 aliphatic heterocycles. The zero-order chi connectivity index (χ0) is 17.4. The third-order valence-corrected chi connectivity index (χ3v) is 3.76. The molecule has 0 bridgehead atoms. The lowest BCUT2D eigenvalue weighted by molar-refractivity contribution is -0.134. The molecule has 23 heavy (non-hydrogen) atoms. The highest BCUT2D eigenvalue weighted by molar-refractivity contribution is 5.62. The minimum atomic E-state index is -0.857. The second-order valence-electron chi connectivity index (χ2n) is 5.86.